The molecule has 0 saturated heterocycles. The number of carbonyl (C=O) groups excluding carboxylic acids is 2. The van der Waals surface area contributed by atoms with Crippen molar-refractivity contribution in [3.63, 3.8) is 0 Å². The lowest BCUT2D eigenvalue weighted by molar-refractivity contribution is -0.115. The van der Waals surface area contributed by atoms with Crippen LogP contribution in [-0.4, -0.2) is 17.1 Å². The van der Waals surface area contributed by atoms with Crippen LogP contribution < -0.4 is 10.6 Å². The van der Waals surface area contributed by atoms with Gasteiger partial charge in [0.25, 0.3) is 5.91 Å². The summed E-state index contributed by atoms with van der Waals surface area (Å²) in [7, 11) is 0. The van der Waals surface area contributed by atoms with Crippen LogP contribution in [0.4, 0.5) is 5.69 Å². The van der Waals surface area contributed by atoms with Gasteiger partial charge in [-0.15, -0.1) is 11.8 Å². The SMILES string of the molecule is C[C@H](SCc1ccccc1)C(=O)Nc1ccccc1C(=O)NCc1ccccc1. The number of hydrogen-bond acceptors (Lipinski definition) is 3. The van der Waals surface area contributed by atoms with Crippen molar-refractivity contribution < 1.29 is 9.59 Å². The molecule has 0 aliphatic rings. The molecule has 2 amide bonds. The monoisotopic (exact) mass is 404 g/mol. The largest absolute Gasteiger partial charge is 0.348 e. The molecule has 0 radical (unpaired) electrons. The van der Waals surface area contributed by atoms with Crippen LogP contribution >= 0.6 is 11.8 Å². The van der Waals surface area contributed by atoms with E-state index in [0.717, 1.165) is 11.3 Å². The fraction of sp³-hybridized carbons (Fsp3) is 0.167. The highest BCUT2D eigenvalue weighted by Gasteiger charge is 2.17. The first-order valence-corrected chi connectivity index (χ1v) is 10.6. The lowest BCUT2D eigenvalue weighted by Crippen LogP contribution is -2.27. The van der Waals surface area contributed by atoms with Crippen molar-refractivity contribution in [3.8, 4) is 0 Å². The molecule has 0 spiro atoms. The van der Waals surface area contributed by atoms with E-state index in [9.17, 15) is 9.59 Å². The molecule has 4 nitrogen and oxygen atoms in total. The average molecular weight is 405 g/mol. The second kappa shape index (κ2) is 10.5. The van der Waals surface area contributed by atoms with Crippen molar-refractivity contribution in [1.82, 2.24) is 5.32 Å². The summed E-state index contributed by atoms with van der Waals surface area (Å²) in [5, 5.41) is 5.57. The fourth-order valence-electron chi connectivity index (χ4n) is 2.77. The van der Waals surface area contributed by atoms with Gasteiger partial charge in [0, 0.05) is 12.3 Å². The predicted molar refractivity (Wildman–Crippen MR) is 120 cm³/mol. The Labute approximate surface area is 175 Å². The van der Waals surface area contributed by atoms with Gasteiger partial charge in [0.1, 0.15) is 0 Å². The first-order valence-electron chi connectivity index (χ1n) is 9.51. The van der Waals surface area contributed by atoms with E-state index < -0.39 is 0 Å². The van der Waals surface area contributed by atoms with Gasteiger partial charge in [-0.3, -0.25) is 9.59 Å². The highest BCUT2D eigenvalue weighted by Crippen LogP contribution is 2.21. The molecule has 3 aromatic rings. The number of rotatable bonds is 8. The highest BCUT2D eigenvalue weighted by molar-refractivity contribution is 7.99. The molecule has 0 saturated carbocycles. The zero-order chi connectivity index (χ0) is 20.5. The third-order valence-electron chi connectivity index (χ3n) is 4.44. The van der Waals surface area contributed by atoms with Crippen molar-refractivity contribution in [2.45, 2.75) is 24.5 Å². The number of benzene rings is 3. The third-order valence-corrected chi connectivity index (χ3v) is 5.65. The van der Waals surface area contributed by atoms with Crippen LogP contribution in [0.5, 0.6) is 0 Å². The van der Waals surface area contributed by atoms with Crippen molar-refractivity contribution in [2.24, 2.45) is 0 Å². The Morgan fingerprint density at radius 1 is 0.828 bits per heavy atom. The predicted octanol–water partition coefficient (Wildman–Crippen LogP) is 4.88. The second-order valence-corrected chi connectivity index (χ2v) is 7.97. The highest BCUT2D eigenvalue weighted by atomic mass is 32.2. The number of anilines is 1. The summed E-state index contributed by atoms with van der Waals surface area (Å²) in [6.45, 7) is 2.31. The molecular formula is C24H24N2O2S. The van der Waals surface area contributed by atoms with Crippen LogP contribution in [0.1, 0.15) is 28.4 Å². The van der Waals surface area contributed by atoms with E-state index in [2.05, 4.69) is 10.6 Å². The Bertz CT molecular complexity index is 945. The first-order chi connectivity index (χ1) is 14.1. The number of para-hydroxylation sites is 1. The maximum atomic E-state index is 12.6. The lowest BCUT2D eigenvalue weighted by atomic mass is 10.1. The Kier molecular flexibility index (Phi) is 7.47. The van der Waals surface area contributed by atoms with Gasteiger partial charge < -0.3 is 10.6 Å². The number of hydrogen-bond donors (Lipinski definition) is 2. The number of nitrogens with one attached hydrogen (secondary N) is 2. The Hall–Kier alpha value is -3.05. The van der Waals surface area contributed by atoms with E-state index >= 15 is 0 Å². The molecule has 5 heteroatoms. The quantitative estimate of drug-likeness (QED) is 0.563. The minimum absolute atomic E-state index is 0.116. The van der Waals surface area contributed by atoms with E-state index in [1.807, 2.05) is 73.7 Å². The Morgan fingerprint density at radius 3 is 2.10 bits per heavy atom. The van der Waals surface area contributed by atoms with Gasteiger partial charge in [0.2, 0.25) is 5.91 Å². The van der Waals surface area contributed by atoms with Crippen LogP contribution in [0.3, 0.4) is 0 Å². The van der Waals surface area contributed by atoms with E-state index in [0.29, 0.717) is 17.8 Å². The molecule has 0 aromatic heterocycles. The van der Waals surface area contributed by atoms with Crippen LogP contribution in [0.15, 0.2) is 84.9 Å². The molecule has 0 unspecified atom stereocenters. The average Bonchev–Trinajstić information content (AvgIpc) is 2.77. The summed E-state index contributed by atoms with van der Waals surface area (Å²) in [6, 6.07) is 26.8. The van der Waals surface area contributed by atoms with E-state index in [1.54, 1.807) is 30.0 Å². The van der Waals surface area contributed by atoms with E-state index in [4.69, 9.17) is 0 Å². The molecular weight excluding hydrogens is 380 g/mol. The molecule has 0 aliphatic heterocycles. The molecule has 0 fully saturated rings. The fourth-order valence-corrected chi connectivity index (χ4v) is 3.61. The van der Waals surface area contributed by atoms with Crippen molar-refractivity contribution >= 4 is 29.3 Å². The zero-order valence-electron chi connectivity index (χ0n) is 16.3. The minimum atomic E-state index is -0.240. The summed E-state index contributed by atoms with van der Waals surface area (Å²) in [5.74, 6) is 0.429. The van der Waals surface area contributed by atoms with Crippen molar-refractivity contribution in [2.75, 3.05) is 5.32 Å². The van der Waals surface area contributed by atoms with E-state index in [1.165, 1.54) is 5.56 Å². The molecule has 3 aromatic carbocycles. The van der Waals surface area contributed by atoms with Gasteiger partial charge in [0.05, 0.1) is 16.5 Å². The van der Waals surface area contributed by atoms with Gasteiger partial charge in [-0.05, 0) is 30.2 Å². The maximum Gasteiger partial charge on any atom is 0.253 e. The summed E-state index contributed by atoms with van der Waals surface area (Å²) < 4.78 is 0. The normalized spacial score (nSPS) is 11.5. The van der Waals surface area contributed by atoms with Gasteiger partial charge in [-0.25, -0.2) is 0 Å². The summed E-state index contributed by atoms with van der Waals surface area (Å²) in [4.78, 5) is 25.3. The minimum Gasteiger partial charge on any atom is -0.348 e. The molecule has 0 heterocycles. The van der Waals surface area contributed by atoms with Crippen LogP contribution in [0, 0.1) is 0 Å². The summed E-state index contributed by atoms with van der Waals surface area (Å²) >= 11 is 1.57. The molecule has 0 aliphatic carbocycles. The summed E-state index contributed by atoms with van der Waals surface area (Å²) in [6.07, 6.45) is 0. The van der Waals surface area contributed by atoms with Gasteiger partial charge in [-0.1, -0.05) is 72.8 Å². The number of thioether (sulfide) groups is 1. The van der Waals surface area contributed by atoms with Gasteiger partial charge in [0.15, 0.2) is 0 Å². The van der Waals surface area contributed by atoms with Gasteiger partial charge >= 0.3 is 0 Å². The van der Waals surface area contributed by atoms with Crippen molar-refractivity contribution in [3.05, 3.63) is 102 Å². The molecule has 0 bridgehead atoms. The summed E-state index contributed by atoms with van der Waals surface area (Å²) in [5.41, 5.74) is 3.18. The first kappa shape index (κ1) is 20.7. The smallest absolute Gasteiger partial charge is 0.253 e. The third kappa shape index (κ3) is 6.22. The second-order valence-electron chi connectivity index (χ2n) is 6.64. The zero-order valence-corrected chi connectivity index (χ0v) is 17.1. The number of carbonyl (C=O) groups is 2. The lowest BCUT2D eigenvalue weighted by Gasteiger charge is -2.15. The standard InChI is InChI=1S/C24H24N2O2S/c1-18(29-17-20-12-6-3-7-13-20)23(27)26-22-15-9-8-14-21(22)24(28)25-16-19-10-4-2-5-11-19/h2-15,18H,16-17H2,1H3,(H,25,28)(H,26,27)/t18-/m0/s1. The Morgan fingerprint density at radius 2 is 1.41 bits per heavy atom. The van der Waals surface area contributed by atoms with Crippen molar-refractivity contribution in [1.29, 1.82) is 0 Å². The van der Waals surface area contributed by atoms with Crippen LogP contribution in [-0.2, 0) is 17.1 Å². The Balaban J connectivity index is 1.59. The van der Waals surface area contributed by atoms with Crippen LogP contribution in [0.2, 0.25) is 0 Å². The molecule has 1 atom stereocenters. The molecule has 29 heavy (non-hydrogen) atoms. The van der Waals surface area contributed by atoms with E-state index in [-0.39, 0.29) is 17.1 Å². The number of amides is 2. The topological polar surface area (TPSA) is 58.2 Å². The maximum absolute atomic E-state index is 12.6. The van der Waals surface area contributed by atoms with Gasteiger partial charge in [-0.2, -0.15) is 0 Å². The van der Waals surface area contributed by atoms with Crippen LogP contribution in [0.25, 0.3) is 0 Å². The molecule has 148 valence electrons. The molecule has 3 rings (SSSR count). The molecule has 2 N–H and O–H groups in total.